The molecular weight excluding hydrogens is 284 g/mol. The fourth-order valence-corrected chi connectivity index (χ4v) is 7.77. The van der Waals surface area contributed by atoms with Crippen molar-refractivity contribution in [2.75, 3.05) is 13.2 Å². The van der Waals surface area contributed by atoms with Gasteiger partial charge in [0.1, 0.15) is 5.60 Å². The van der Waals surface area contributed by atoms with Gasteiger partial charge in [-0.25, -0.2) is 0 Å². The summed E-state index contributed by atoms with van der Waals surface area (Å²) in [4.78, 5) is 0. The normalized spacial score (nSPS) is 70.8. The van der Waals surface area contributed by atoms with Crippen molar-refractivity contribution in [1.82, 2.24) is 0 Å². The standard InChI is InChI=1S/C17H24O5/c1-8-6-19-10-5-16-12-3-4-15(16)11(18)7-20-14(15)22-17(16,13(8)10)9(2)21-12/h8-14,18H,3-7H2,1-2H3/t8-,9?,10?,11+,12?,13?,14?,15?,16?,17?/m1/s1. The summed E-state index contributed by atoms with van der Waals surface area (Å²) in [6.07, 6.45) is 2.73. The molecule has 5 heteroatoms. The molecule has 4 heterocycles. The van der Waals surface area contributed by atoms with Gasteiger partial charge in [-0.2, -0.15) is 0 Å². The van der Waals surface area contributed by atoms with Crippen LogP contribution in [0.15, 0.2) is 0 Å². The summed E-state index contributed by atoms with van der Waals surface area (Å²) in [6.45, 7) is 5.65. The molecule has 0 radical (unpaired) electrons. The maximum Gasteiger partial charge on any atom is 0.167 e. The average molecular weight is 308 g/mol. The molecule has 0 amide bonds. The summed E-state index contributed by atoms with van der Waals surface area (Å²) in [6, 6.07) is 0. The first-order chi connectivity index (χ1) is 10.6. The third-order valence-electron chi connectivity index (χ3n) is 8.20. The van der Waals surface area contributed by atoms with Crippen LogP contribution in [0.1, 0.15) is 33.1 Å². The largest absolute Gasteiger partial charge is 0.390 e. The second kappa shape index (κ2) is 3.57. The highest BCUT2D eigenvalue weighted by atomic mass is 16.7. The molecule has 10 atom stereocenters. The number of aliphatic hydroxyl groups excluding tert-OH is 1. The first kappa shape index (κ1) is 13.1. The fourth-order valence-electron chi connectivity index (χ4n) is 7.77. The van der Waals surface area contributed by atoms with E-state index in [9.17, 15) is 5.11 Å². The Morgan fingerprint density at radius 1 is 1.14 bits per heavy atom. The quantitative estimate of drug-likeness (QED) is 0.726. The average Bonchev–Trinajstić information content (AvgIpc) is 3.21. The van der Waals surface area contributed by atoms with Crippen molar-refractivity contribution in [2.24, 2.45) is 22.7 Å². The predicted molar refractivity (Wildman–Crippen MR) is 75.0 cm³/mol. The van der Waals surface area contributed by atoms with Gasteiger partial charge in [-0.05, 0) is 32.1 Å². The molecule has 2 saturated carbocycles. The van der Waals surface area contributed by atoms with Crippen LogP contribution in [0.2, 0.25) is 0 Å². The van der Waals surface area contributed by atoms with E-state index in [0.29, 0.717) is 18.4 Å². The summed E-state index contributed by atoms with van der Waals surface area (Å²) in [5.74, 6) is 0.840. The SMILES string of the molecule is CC1OC2CCC34C(OC[C@@H]3O)OC13C1C(CC234)OC[C@H]1C. The van der Waals surface area contributed by atoms with E-state index in [1.165, 1.54) is 0 Å². The van der Waals surface area contributed by atoms with E-state index in [-0.39, 0.29) is 41.0 Å². The summed E-state index contributed by atoms with van der Waals surface area (Å²) in [7, 11) is 0. The third-order valence-corrected chi connectivity index (χ3v) is 8.20. The predicted octanol–water partition coefficient (Wildman–Crippen LogP) is 1.08. The Hall–Kier alpha value is -0.200. The van der Waals surface area contributed by atoms with Gasteiger partial charge in [-0.3, -0.25) is 0 Å². The lowest BCUT2D eigenvalue weighted by molar-refractivity contribution is -0.207. The third kappa shape index (κ3) is 0.951. The van der Waals surface area contributed by atoms with Gasteiger partial charge in [0.25, 0.3) is 0 Å². The lowest BCUT2D eigenvalue weighted by Crippen LogP contribution is -2.56. The molecule has 8 unspecified atom stereocenters. The molecule has 5 nitrogen and oxygen atoms in total. The van der Waals surface area contributed by atoms with Gasteiger partial charge in [0.05, 0.1) is 36.4 Å². The van der Waals surface area contributed by atoms with E-state index in [2.05, 4.69) is 13.8 Å². The van der Waals surface area contributed by atoms with Crippen LogP contribution in [-0.2, 0) is 18.9 Å². The van der Waals surface area contributed by atoms with Crippen molar-refractivity contribution in [3.63, 3.8) is 0 Å². The molecule has 4 aliphatic heterocycles. The molecule has 6 fully saturated rings. The molecule has 122 valence electrons. The van der Waals surface area contributed by atoms with Crippen molar-refractivity contribution in [3.8, 4) is 0 Å². The van der Waals surface area contributed by atoms with E-state index in [4.69, 9.17) is 18.9 Å². The molecule has 4 saturated heterocycles. The molecule has 2 spiro atoms. The number of fused-ring (bicyclic) bond motifs is 1. The van der Waals surface area contributed by atoms with Gasteiger partial charge >= 0.3 is 0 Å². The number of ether oxygens (including phenoxy) is 4. The van der Waals surface area contributed by atoms with Crippen molar-refractivity contribution in [2.45, 2.75) is 69.4 Å². The molecule has 0 aromatic carbocycles. The zero-order valence-electron chi connectivity index (χ0n) is 13.2. The monoisotopic (exact) mass is 308 g/mol. The van der Waals surface area contributed by atoms with Crippen molar-refractivity contribution >= 4 is 0 Å². The van der Waals surface area contributed by atoms with E-state index < -0.39 is 6.10 Å². The van der Waals surface area contributed by atoms with Crippen molar-refractivity contribution < 1.29 is 24.1 Å². The van der Waals surface area contributed by atoms with Crippen molar-refractivity contribution in [1.29, 1.82) is 0 Å². The van der Waals surface area contributed by atoms with E-state index in [0.717, 1.165) is 25.9 Å². The van der Waals surface area contributed by atoms with Gasteiger partial charge in [0.15, 0.2) is 6.29 Å². The van der Waals surface area contributed by atoms with Crippen LogP contribution in [0.4, 0.5) is 0 Å². The highest BCUT2D eigenvalue weighted by Crippen LogP contribution is 2.82. The molecule has 2 aliphatic carbocycles. The second-order valence-electron chi connectivity index (χ2n) is 8.49. The van der Waals surface area contributed by atoms with E-state index in [1.54, 1.807) is 0 Å². The van der Waals surface area contributed by atoms with Crippen LogP contribution in [0.5, 0.6) is 0 Å². The van der Waals surface area contributed by atoms with Gasteiger partial charge in [0, 0.05) is 17.9 Å². The van der Waals surface area contributed by atoms with Crippen LogP contribution >= 0.6 is 0 Å². The Morgan fingerprint density at radius 3 is 2.86 bits per heavy atom. The molecule has 0 aromatic heterocycles. The Labute approximate surface area is 130 Å². The maximum atomic E-state index is 10.9. The second-order valence-corrected chi connectivity index (χ2v) is 8.49. The lowest BCUT2D eigenvalue weighted by Gasteiger charge is -2.44. The lowest BCUT2D eigenvalue weighted by atomic mass is 9.56. The topological polar surface area (TPSA) is 57.2 Å². The van der Waals surface area contributed by atoms with Crippen LogP contribution in [0.25, 0.3) is 0 Å². The van der Waals surface area contributed by atoms with Crippen LogP contribution in [0.3, 0.4) is 0 Å². The first-order valence-corrected chi connectivity index (χ1v) is 8.82. The highest BCUT2D eigenvalue weighted by Gasteiger charge is 2.91. The Bertz CT molecular complexity index is 553. The molecule has 0 aromatic rings. The van der Waals surface area contributed by atoms with Crippen LogP contribution in [-0.4, -0.2) is 54.6 Å². The zero-order valence-corrected chi connectivity index (χ0v) is 13.2. The highest BCUT2D eigenvalue weighted by molar-refractivity contribution is 5.36. The fraction of sp³-hybridized carbons (Fsp3) is 1.00. The molecule has 6 aliphatic rings. The Kier molecular flexibility index (Phi) is 2.13. The van der Waals surface area contributed by atoms with Crippen LogP contribution in [0, 0.1) is 22.7 Å². The van der Waals surface area contributed by atoms with Gasteiger partial charge in [-0.15, -0.1) is 0 Å². The smallest absolute Gasteiger partial charge is 0.167 e. The summed E-state index contributed by atoms with van der Waals surface area (Å²) >= 11 is 0. The Balaban J connectivity index is 1.63. The summed E-state index contributed by atoms with van der Waals surface area (Å²) < 4.78 is 25.2. The van der Waals surface area contributed by atoms with Gasteiger partial charge in [-0.1, -0.05) is 6.92 Å². The maximum absolute atomic E-state index is 10.9. The minimum absolute atomic E-state index is 0.0511. The van der Waals surface area contributed by atoms with Gasteiger partial charge in [0.2, 0.25) is 0 Å². The summed E-state index contributed by atoms with van der Waals surface area (Å²) in [5.41, 5.74) is -0.735. The van der Waals surface area contributed by atoms with Crippen LogP contribution < -0.4 is 0 Å². The zero-order chi connectivity index (χ0) is 14.9. The molecular formula is C17H24O5. The molecule has 1 N–H and O–H groups in total. The minimum atomic E-state index is -0.438. The summed E-state index contributed by atoms with van der Waals surface area (Å²) in [5, 5.41) is 10.9. The van der Waals surface area contributed by atoms with E-state index in [1.807, 2.05) is 0 Å². The minimum Gasteiger partial charge on any atom is -0.390 e. The number of hydrogen-bond donors (Lipinski definition) is 1. The molecule has 6 rings (SSSR count). The Morgan fingerprint density at radius 2 is 2.00 bits per heavy atom. The first-order valence-electron chi connectivity index (χ1n) is 8.82. The van der Waals surface area contributed by atoms with E-state index >= 15 is 0 Å². The van der Waals surface area contributed by atoms with Crippen molar-refractivity contribution in [3.05, 3.63) is 0 Å². The molecule has 0 bridgehead atoms. The van der Waals surface area contributed by atoms with Gasteiger partial charge < -0.3 is 24.1 Å². The number of rotatable bonds is 0. The number of hydrogen-bond acceptors (Lipinski definition) is 5. The molecule has 22 heavy (non-hydrogen) atoms. The number of aliphatic hydroxyl groups is 1.